The van der Waals surface area contributed by atoms with E-state index in [-0.39, 0.29) is 31.4 Å². The van der Waals surface area contributed by atoms with Gasteiger partial charge in [0.1, 0.15) is 0 Å². The molecule has 1 atom stereocenters. The van der Waals surface area contributed by atoms with Crippen LogP contribution in [0.15, 0.2) is 54.6 Å². The van der Waals surface area contributed by atoms with Gasteiger partial charge in [-0.2, -0.15) is 0 Å². The third-order valence-corrected chi connectivity index (χ3v) is 4.64. The summed E-state index contributed by atoms with van der Waals surface area (Å²) in [6.07, 6.45) is 0.118. The molecular formula is C21H22N2O4. The standard InChI is InChI=1S/C21H22N2O4/c1-3-27-21(26)17-11-7-8-12-18(17)23-14-15(13-19(23)24)20(25)22(2)16-9-5-4-6-10-16/h4-12,15H,3,13-14H2,1-2H3. The maximum Gasteiger partial charge on any atom is 0.340 e. The summed E-state index contributed by atoms with van der Waals surface area (Å²) in [5.41, 5.74) is 1.59. The summed E-state index contributed by atoms with van der Waals surface area (Å²) in [5.74, 6) is -1.23. The van der Waals surface area contributed by atoms with Gasteiger partial charge in [-0.25, -0.2) is 4.79 Å². The molecule has 1 saturated heterocycles. The predicted octanol–water partition coefficient (Wildman–Crippen LogP) is 2.88. The Balaban J connectivity index is 1.80. The fraction of sp³-hybridized carbons (Fsp3) is 0.286. The molecule has 1 aliphatic heterocycles. The molecule has 1 aliphatic rings. The van der Waals surface area contributed by atoms with Crippen LogP contribution in [0.2, 0.25) is 0 Å². The average molecular weight is 366 g/mol. The van der Waals surface area contributed by atoms with Gasteiger partial charge in [-0.05, 0) is 31.2 Å². The maximum absolute atomic E-state index is 12.8. The van der Waals surface area contributed by atoms with Crippen LogP contribution in [0.4, 0.5) is 11.4 Å². The van der Waals surface area contributed by atoms with Crippen LogP contribution in [0.25, 0.3) is 0 Å². The molecule has 0 bridgehead atoms. The van der Waals surface area contributed by atoms with Crippen LogP contribution in [0.1, 0.15) is 23.7 Å². The molecular weight excluding hydrogens is 344 g/mol. The van der Waals surface area contributed by atoms with Gasteiger partial charge in [-0.3, -0.25) is 9.59 Å². The first-order valence-corrected chi connectivity index (χ1v) is 8.92. The van der Waals surface area contributed by atoms with E-state index in [1.54, 1.807) is 43.1 Å². The lowest BCUT2D eigenvalue weighted by molar-refractivity contribution is -0.124. The van der Waals surface area contributed by atoms with E-state index in [2.05, 4.69) is 0 Å². The Morgan fingerprint density at radius 3 is 2.48 bits per heavy atom. The van der Waals surface area contributed by atoms with Gasteiger partial charge in [0.05, 0.1) is 23.8 Å². The number of esters is 1. The van der Waals surface area contributed by atoms with Gasteiger partial charge in [0.25, 0.3) is 0 Å². The molecule has 3 rings (SSSR count). The lowest BCUT2D eigenvalue weighted by Gasteiger charge is -2.22. The van der Waals surface area contributed by atoms with Gasteiger partial charge >= 0.3 is 5.97 Å². The molecule has 2 aromatic carbocycles. The van der Waals surface area contributed by atoms with Crippen LogP contribution in [-0.4, -0.2) is 38.0 Å². The number of hydrogen-bond donors (Lipinski definition) is 0. The largest absolute Gasteiger partial charge is 0.462 e. The van der Waals surface area contributed by atoms with Crippen LogP contribution in [0, 0.1) is 5.92 Å². The van der Waals surface area contributed by atoms with Crippen molar-refractivity contribution in [2.24, 2.45) is 5.92 Å². The Hall–Kier alpha value is -3.15. The second kappa shape index (κ2) is 8.03. The molecule has 0 radical (unpaired) electrons. The first-order valence-electron chi connectivity index (χ1n) is 8.92. The molecule has 140 valence electrons. The molecule has 6 heteroatoms. The second-order valence-electron chi connectivity index (χ2n) is 6.38. The van der Waals surface area contributed by atoms with E-state index in [9.17, 15) is 14.4 Å². The minimum Gasteiger partial charge on any atom is -0.462 e. The van der Waals surface area contributed by atoms with E-state index in [1.165, 1.54) is 4.90 Å². The van der Waals surface area contributed by atoms with Crippen molar-refractivity contribution in [3.63, 3.8) is 0 Å². The Kier molecular flexibility index (Phi) is 5.54. The molecule has 27 heavy (non-hydrogen) atoms. The number of benzene rings is 2. The van der Waals surface area contributed by atoms with Gasteiger partial charge < -0.3 is 14.5 Å². The van der Waals surface area contributed by atoms with E-state index in [0.29, 0.717) is 11.3 Å². The number of carbonyl (C=O) groups is 3. The van der Waals surface area contributed by atoms with Crippen LogP contribution >= 0.6 is 0 Å². The third-order valence-electron chi connectivity index (χ3n) is 4.64. The lowest BCUT2D eigenvalue weighted by Crippen LogP contribution is -2.35. The zero-order valence-electron chi connectivity index (χ0n) is 15.4. The maximum atomic E-state index is 12.8. The van der Waals surface area contributed by atoms with E-state index in [4.69, 9.17) is 4.74 Å². The first-order chi connectivity index (χ1) is 13.0. The highest BCUT2D eigenvalue weighted by atomic mass is 16.5. The van der Waals surface area contributed by atoms with E-state index in [1.807, 2.05) is 30.3 Å². The van der Waals surface area contributed by atoms with Crippen molar-refractivity contribution < 1.29 is 19.1 Å². The number of para-hydroxylation sites is 2. The van der Waals surface area contributed by atoms with Crippen LogP contribution in [0.3, 0.4) is 0 Å². The number of rotatable bonds is 5. The Morgan fingerprint density at radius 1 is 1.11 bits per heavy atom. The van der Waals surface area contributed by atoms with E-state index in [0.717, 1.165) is 5.69 Å². The summed E-state index contributed by atoms with van der Waals surface area (Å²) in [5, 5.41) is 0. The number of amides is 2. The Labute approximate surface area is 158 Å². The number of nitrogens with zero attached hydrogens (tertiary/aromatic N) is 2. The molecule has 2 aromatic rings. The highest BCUT2D eigenvalue weighted by molar-refractivity contribution is 6.07. The summed E-state index contributed by atoms with van der Waals surface area (Å²) < 4.78 is 5.08. The summed E-state index contributed by atoms with van der Waals surface area (Å²) >= 11 is 0. The van der Waals surface area contributed by atoms with Gasteiger partial charge in [-0.15, -0.1) is 0 Å². The smallest absolute Gasteiger partial charge is 0.340 e. The Morgan fingerprint density at radius 2 is 1.78 bits per heavy atom. The highest BCUT2D eigenvalue weighted by Crippen LogP contribution is 2.30. The number of ether oxygens (including phenoxy) is 1. The fourth-order valence-corrected chi connectivity index (χ4v) is 3.25. The van der Waals surface area contributed by atoms with Crippen LogP contribution in [-0.2, 0) is 14.3 Å². The number of hydrogen-bond acceptors (Lipinski definition) is 4. The van der Waals surface area contributed by atoms with Crippen molar-refractivity contribution in [2.75, 3.05) is 30.0 Å². The topological polar surface area (TPSA) is 66.9 Å². The van der Waals surface area contributed by atoms with Crippen molar-refractivity contribution in [3.8, 4) is 0 Å². The molecule has 0 spiro atoms. The van der Waals surface area contributed by atoms with Gasteiger partial charge in [0.2, 0.25) is 11.8 Å². The normalized spacial score (nSPS) is 16.3. The zero-order chi connectivity index (χ0) is 19.4. The molecule has 0 N–H and O–H groups in total. The zero-order valence-corrected chi connectivity index (χ0v) is 15.4. The van der Waals surface area contributed by atoms with E-state index >= 15 is 0 Å². The molecule has 6 nitrogen and oxygen atoms in total. The predicted molar refractivity (Wildman–Crippen MR) is 103 cm³/mol. The van der Waals surface area contributed by atoms with Crippen molar-refractivity contribution in [2.45, 2.75) is 13.3 Å². The highest BCUT2D eigenvalue weighted by Gasteiger charge is 2.38. The van der Waals surface area contributed by atoms with Crippen LogP contribution < -0.4 is 9.80 Å². The van der Waals surface area contributed by atoms with Crippen LogP contribution in [0.5, 0.6) is 0 Å². The molecule has 1 fully saturated rings. The van der Waals surface area contributed by atoms with Crippen molar-refractivity contribution in [3.05, 3.63) is 60.2 Å². The van der Waals surface area contributed by atoms with Gasteiger partial charge in [0.15, 0.2) is 0 Å². The molecule has 0 saturated carbocycles. The first kappa shape index (κ1) is 18.6. The van der Waals surface area contributed by atoms with Crippen molar-refractivity contribution in [1.29, 1.82) is 0 Å². The minimum atomic E-state index is -0.475. The average Bonchev–Trinajstić information content (AvgIpc) is 3.09. The van der Waals surface area contributed by atoms with E-state index < -0.39 is 11.9 Å². The van der Waals surface area contributed by atoms with Crippen molar-refractivity contribution >= 4 is 29.2 Å². The number of anilines is 2. The molecule has 2 amide bonds. The third kappa shape index (κ3) is 3.84. The fourth-order valence-electron chi connectivity index (χ4n) is 3.25. The molecule has 1 heterocycles. The minimum absolute atomic E-state index is 0.118. The summed E-state index contributed by atoms with van der Waals surface area (Å²) in [6, 6.07) is 16.1. The van der Waals surface area contributed by atoms with Gasteiger partial charge in [0, 0.05) is 25.7 Å². The van der Waals surface area contributed by atoms with Crippen molar-refractivity contribution in [1.82, 2.24) is 0 Å². The quantitative estimate of drug-likeness (QED) is 0.763. The monoisotopic (exact) mass is 366 g/mol. The Bertz CT molecular complexity index is 850. The van der Waals surface area contributed by atoms with Gasteiger partial charge in [-0.1, -0.05) is 30.3 Å². The second-order valence-corrected chi connectivity index (χ2v) is 6.38. The summed E-state index contributed by atoms with van der Waals surface area (Å²) in [4.78, 5) is 40.7. The lowest BCUT2D eigenvalue weighted by atomic mass is 10.1. The SMILES string of the molecule is CCOC(=O)c1ccccc1N1CC(C(=O)N(C)c2ccccc2)CC1=O. The summed E-state index contributed by atoms with van der Waals surface area (Å²) in [7, 11) is 1.71. The molecule has 1 unspecified atom stereocenters. The molecule has 0 aromatic heterocycles. The number of carbonyl (C=O) groups excluding carboxylic acids is 3. The summed E-state index contributed by atoms with van der Waals surface area (Å²) in [6.45, 7) is 2.23. The molecule has 0 aliphatic carbocycles.